The number of nitrogens with one attached hydrogen (secondary N) is 1. The Morgan fingerprint density at radius 3 is 2.65 bits per heavy atom. The zero-order chi connectivity index (χ0) is 12.1. The van der Waals surface area contributed by atoms with Crippen molar-refractivity contribution in [3.05, 3.63) is 53.9 Å². The Labute approximate surface area is 102 Å². The summed E-state index contributed by atoms with van der Waals surface area (Å²) >= 11 is 0. The Kier molecular flexibility index (Phi) is 3.94. The van der Waals surface area contributed by atoms with Gasteiger partial charge < -0.3 is 5.32 Å². The maximum absolute atomic E-state index is 4.32. The van der Waals surface area contributed by atoms with Crippen LogP contribution < -0.4 is 5.32 Å². The van der Waals surface area contributed by atoms with E-state index in [0.29, 0.717) is 6.04 Å². The molecule has 0 aliphatic heterocycles. The number of likely N-dealkylation sites (N-methyl/N-ethyl adjacent to an activating group) is 1. The van der Waals surface area contributed by atoms with Crippen LogP contribution in [0.5, 0.6) is 0 Å². The van der Waals surface area contributed by atoms with Crippen molar-refractivity contribution in [2.75, 3.05) is 7.05 Å². The molecule has 0 fully saturated rings. The number of hydrogen-bond acceptors (Lipinski definition) is 2. The standard InChI is InChI=1S/C14H19N3/c1-3-17-11-13(10-16-17)14(15-2)9-12-7-5-4-6-8-12/h4-8,10-11,14-15H,3,9H2,1-2H3. The van der Waals surface area contributed by atoms with E-state index in [4.69, 9.17) is 0 Å². The Morgan fingerprint density at radius 2 is 2.06 bits per heavy atom. The molecule has 0 aliphatic rings. The van der Waals surface area contributed by atoms with Gasteiger partial charge >= 0.3 is 0 Å². The lowest BCUT2D eigenvalue weighted by Crippen LogP contribution is -2.18. The van der Waals surface area contributed by atoms with E-state index in [1.807, 2.05) is 24.0 Å². The molecule has 1 heterocycles. The summed E-state index contributed by atoms with van der Waals surface area (Å²) < 4.78 is 1.96. The highest BCUT2D eigenvalue weighted by Crippen LogP contribution is 2.17. The van der Waals surface area contributed by atoms with Gasteiger partial charge in [0.1, 0.15) is 0 Å². The van der Waals surface area contributed by atoms with Gasteiger partial charge in [0.15, 0.2) is 0 Å². The van der Waals surface area contributed by atoms with Crippen LogP contribution in [-0.4, -0.2) is 16.8 Å². The van der Waals surface area contributed by atoms with Crippen molar-refractivity contribution in [2.45, 2.75) is 25.9 Å². The molecule has 1 unspecified atom stereocenters. The molecular weight excluding hydrogens is 210 g/mol. The van der Waals surface area contributed by atoms with Gasteiger partial charge in [-0.15, -0.1) is 0 Å². The predicted octanol–water partition coefficient (Wildman–Crippen LogP) is 2.41. The highest BCUT2D eigenvalue weighted by molar-refractivity contribution is 5.20. The van der Waals surface area contributed by atoms with Crippen LogP contribution in [0.2, 0.25) is 0 Å². The minimum Gasteiger partial charge on any atom is -0.313 e. The fourth-order valence-corrected chi connectivity index (χ4v) is 1.97. The largest absolute Gasteiger partial charge is 0.313 e. The molecule has 3 nitrogen and oxygen atoms in total. The van der Waals surface area contributed by atoms with Crippen LogP contribution >= 0.6 is 0 Å². The molecule has 0 aliphatic carbocycles. The lowest BCUT2D eigenvalue weighted by molar-refractivity contribution is 0.589. The lowest BCUT2D eigenvalue weighted by atomic mass is 10.0. The Hall–Kier alpha value is -1.61. The van der Waals surface area contributed by atoms with Crippen LogP contribution in [-0.2, 0) is 13.0 Å². The fourth-order valence-electron chi connectivity index (χ4n) is 1.97. The molecule has 17 heavy (non-hydrogen) atoms. The molecule has 1 N–H and O–H groups in total. The first-order valence-corrected chi connectivity index (χ1v) is 6.07. The second-order valence-corrected chi connectivity index (χ2v) is 4.16. The number of nitrogens with zero attached hydrogens (tertiary/aromatic N) is 2. The molecule has 1 aromatic carbocycles. The number of aryl methyl sites for hydroxylation is 1. The second-order valence-electron chi connectivity index (χ2n) is 4.16. The average molecular weight is 229 g/mol. The summed E-state index contributed by atoms with van der Waals surface area (Å²) in [6.07, 6.45) is 5.06. The highest BCUT2D eigenvalue weighted by atomic mass is 15.3. The van der Waals surface area contributed by atoms with Crippen molar-refractivity contribution in [3.8, 4) is 0 Å². The first-order chi connectivity index (χ1) is 8.33. The van der Waals surface area contributed by atoms with Crippen LogP contribution in [0.15, 0.2) is 42.7 Å². The summed E-state index contributed by atoms with van der Waals surface area (Å²) in [5.74, 6) is 0. The molecule has 2 rings (SSSR count). The van der Waals surface area contributed by atoms with E-state index in [1.165, 1.54) is 11.1 Å². The summed E-state index contributed by atoms with van der Waals surface area (Å²) in [5.41, 5.74) is 2.59. The molecule has 3 heteroatoms. The summed E-state index contributed by atoms with van der Waals surface area (Å²) in [6.45, 7) is 3.02. The quantitative estimate of drug-likeness (QED) is 0.853. The molecule has 1 atom stereocenters. The van der Waals surface area contributed by atoms with Crippen molar-refractivity contribution >= 4 is 0 Å². The van der Waals surface area contributed by atoms with Crippen LogP contribution in [0.25, 0.3) is 0 Å². The zero-order valence-electron chi connectivity index (χ0n) is 10.4. The van der Waals surface area contributed by atoms with Gasteiger partial charge in [0.2, 0.25) is 0 Å². The van der Waals surface area contributed by atoms with Crippen molar-refractivity contribution in [1.29, 1.82) is 0 Å². The third-order valence-electron chi connectivity index (χ3n) is 3.01. The highest BCUT2D eigenvalue weighted by Gasteiger charge is 2.11. The van der Waals surface area contributed by atoms with Crippen LogP contribution in [0, 0.1) is 0 Å². The lowest BCUT2D eigenvalue weighted by Gasteiger charge is -2.14. The minimum atomic E-state index is 0.331. The van der Waals surface area contributed by atoms with Gasteiger partial charge in [0.05, 0.1) is 6.20 Å². The van der Waals surface area contributed by atoms with Gasteiger partial charge in [-0.1, -0.05) is 30.3 Å². The molecule has 0 spiro atoms. The molecule has 90 valence electrons. The number of benzene rings is 1. The van der Waals surface area contributed by atoms with Crippen molar-refractivity contribution in [2.24, 2.45) is 0 Å². The van der Waals surface area contributed by atoms with Crippen molar-refractivity contribution < 1.29 is 0 Å². The molecule has 1 aromatic heterocycles. The van der Waals surface area contributed by atoms with Gasteiger partial charge in [0, 0.05) is 24.3 Å². The second kappa shape index (κ2) is 5.64. The summed E-state index contributed by atoms with van der Waals surface area (Å²) in [7, 11) is 2.00. The van der Waals surface area contributed by atoms with Crippen LogP contribution in [0.3, 0.4) is 0 Å². The third-order valence-corrected chi connectivity index (χ3v) is 3.01. The minimum absolute atomic E-state index is 0.331. The van der Waals surface area contributed by atoms with E-state index < -0.39 is 0 Å². The summed E-state index contributed by atoms with van der Waals surface area (Å²) in [4.78, 5) is 0. The fraction of sp³-hybridized carbons (Fsp3) is 0.357. The van der Waals surface area contributed by atoms with E-state index in [-0.39, 0.29) is 0 Å². The smallest absolute Gasteiger partial charge is 0.0537 e. The zero-order valence-corrected chi connectivity index (χ0v) is 10.4. The maximum atomic E-state index is 4.32. The average Bonchev–Trinajstić information content (AvgIpc) is 2.86. The third kappa shape index (κ3) is 2.94. The first kappa shape index (κ1) is 11.9. The van der Waals surface area contributed by atoms with Gasteiger partial charge in [-0.25, -0.2) is 0 Å². The van der Waals surface area contributed by atoms with Gasteiger partial charge in [-0.05, 0) is 26.0 Å². The SMILES string of the molecule is CCn1cc(C(Cc2ccccc2)NC)cn1. The van der Waals surface area contributed by atoms with E-state index in [1.54, 1.807) is 0 Å². The monoisotopic (exact) mass is 229 g/mol. The first-order valence-electron chi connectivity index (χ1n) is 6.07. The van der Waals surface area contributed by atoms with Crippen molar-refractivity contribution in [3.63, 3.8) is 0 Å². The van der Waals surface area contributed by atoms with E-state index >= 15 is 0 Å². The number of rotatable bonds is 5. The van der Waals surface area contributed by atoms with Crippen molar-refractivity contribution in [1.82, 2.24) is 15.1 Å². The number of hydrogen-bond donors (Lipinski definition) is 1. The van der Waals surface area contributed by atoms with Crippen LogP contribution in [0.4, 0.5) is 0 Å². The number of aromatic nitrogens is 2. The maximum Gasteiger partial charge on any atom is 0.0537 e. The molecule has 0 amide bonds. The molecule has 0 saturated carbocycles. The van der Waals surface area contributed by atoms with Crippen LogP contribution in [0.1, 0.15) is 24.1 Å². The molecule has 2 aromatic rings. The Balaban J connectivity index is 2.11. The summed E-state index contributed by atoms with van der Waals surface area (Å²) in [5, 5.41) is 7.67. The Morgan fingerprint density at radius 1 is 1.29 bits per heavy atom. The van der Waals surface area contributed by atoms with Gasteiger partial charge in [0.25, 0.3) is 0 Å². The van der Waals surface area contributed by atoms with E-state index in [0.717, 1.165) is 13.0 Å². The molecule has 0 bridgehead atoms. The molecular formula is C14H19N3. The summed E-state index contributed by atoms with van der Waals surface area (Å²) in [6, 6.07) is 10.9. The van der Waals surface area contributed by atoms with E-state index in [2.05, 4.69) is 47.8 Å². The topological polar surface area (TPSA) is 29.9 Å². The van der Waals surface area contributed by atoms with E-state index in [9.17, 15) is 0 Å². The van der Waals surface area contributed by atoms with Gasteiger partial charge in [-0.2, -0.15) is 5.10 Å². The molecule has 0 saturated heterocycles. The van der Waals surface area contributed by atoms with Gasteiger partial charge in [-0.3, -0.25) is 4.68 Å². The normalized spacial score (nSPS) is 12.6. The predicted molar refractivity (Wildman–Crippen MR) is 69.8 cm³/mol. The Bertz CT molecular complexity index is 448. The molecule has 0 radical (unpaired) electrons.